The smallest absolute Gasteiger partial charge is 0.255 e. The van der Waals surface area contributed by atoms with Gasteiger partial charge in [-0.3, -0.25) is 9.69 Å². The molecular formula is C28H36N4O3. The summed E-state index contributed by atoms with van der Waals surface area (Å²) in [7, 11) is 1.76. The van der Waals surface area contributed by atoms with Crippen molar-refractivity contribution in [1.29, 1.82) is 0 Å². The molecule has 1 amide bonds. The SMILES string of the molecule is COCCN1CC2CC2(c2ccc(-c3cnc(N)c(C(=O)NC45CCC(O)(CC4)CC5)c3)cc2)C1. The first kappa shape index (κ1) is 23.0. The van der Waals surface area contributed by atoms with E-state index in [4.69, 9.17) is 10.5 Å². The molecule has 0 radical (unpaired) electrons. The number of fused-ring (bicyclic) bond motifs is 4. The van der Waals surface area contributed by atoms with Crippen LogP contribution in [-0.4, -0.2) is 65.4 Å². The molecule has 7 heteroatoms. The van der Waals surface area contributed by atoms with E-state index >= 15 is 0 Å². The number of pyridine rings is 1. The van der Waals surface area contributed by atoms with Crippen LogP contribution in [-0.2, 0) is 10.2 Å². The van der Waals surface area contributed by atoms with E-state index in [-0.39, 0.29) is 17.3 Å². The van der Waals surface area contributed by atoms with Crippen LogP contribution in [0.2, 0.25) is 0 Å². The number of carbonyl (C=O) groups excluding carboxylic acids is 1. The lowest BCUT2D eigenvalue weighted by Crippen LogP contribution is -2.58. The van der Waals surface area contributed by atoms with Crippen LogP contribution < -0.4 is 11.1 Å². The largest absolute Gasteiger partial charge is 0.390 e. The molecule has 2 unspecified atom stereocenters. The third-order valence-electron chi connectivity index (χ3n) is 9.37. The van der Waals surface area contributed by atoms with Gasteiger partial charge in [0.15, 0.2) is 0 Å². The minimum Gasteiger partial charge on any atom is -0.390 e. The summed E-state index contributed by atoms with van der Waals surface area (Å²) in [5.74, 6) is 0.834. The summed E-state index contributed by atoms with van der Waals surface area (Å²) < 4.78 is 5.26. The Hall–Kier alpha value is -2.48. The number of aromatic nitrogens is 1. The van der Waals surface area contributed by atoms with Crippen LogP contribution in [0.15, 0.2) is 36.5 Å². The zero-order chi connectivity index (χ0) is 24.3. The number of anilines is 1. The number of hydrogen-bond donors (Lipinski definition) is 3. The number of benzene rings is 1. The zero-order valence-electron chi connectivity index (χ0n) is 20.6. The average Bonchev–Trinajstić information content (AvgIpc) is 3.45. The third kappa shape index (κ3) is 4.03. The molecule has 7 rings (SSSR count). The van der Waals surface area contributed by atoms with Gasteiger partial charge in [-0.2, -0.15) is 0 Å². The van der Waals surface area contributed by atoms with Crippen LogP contribution in [0.3, 0.4) is 0 Å². The molecule has 0 spiro atoms. The number of hydrogen-bond acceptors (Lipinski definition) is 6. The summed E-state index contributed by atoms with van der Waals surface area (Å²) >= 11 is 0. The van der Waals surface area contributed by atoms with Crippen molar-refractivity contribution < 1.29 is 14.6 Å². The Balaban J connectivity index is 1.17. The van der Waals surface area contributed by atoms with Gasteiger partial charge in [-0.25, -0.2) is 4.98 Å². The lowest BCUT2D eigenvalue weighted by molar-refractivity contribution is -0.0702. The van der Waals surface area contributed by atoms with Crippen LogP contribution in [0.5, 0.6) is 0 Å². The van der Waals surface area contributed by atoms with Crippen LogP contribution in [0, 0.1) is 5.92 Å². The van der Waals surface area contributed by atoms with Crippen molar-refractivity contribution in [2.75, 3.05) is 39.1 Å². The third-order valence-corrected chi connectivity index (χ3v) is 9.37. The quantitative estimate of drug-likeness (QED) is 0.568. The summed E-state index contributed by atoms with van der Waals surface area (Å²) in [5.41, 5.74) is 9.44. The molecule has 7 nitrogen and oxygen atoms in total. The van der Waals surface area contributed by atoms with Crippen molar-refractivity contribution in [2.24, 2.45) is 5.92 Å². The molecule has 2 aromatic rings. The Bertz CT molecular complexity index is 1110. The van der Waals surface area contributed by atoms with E-state index < -0.39 is 5.60 Å². The number of piperidine rings is 1. The Morgan fingerprint density at radius 1 is 1.17 bits per heavy atom. The van der Waals surface area contributed by atoms with Crippen LogP contribution in [0.1, 0.15) is 60.9 Å². The predicted molar refractivity (Wildman–Crippen MR) is 135 cm³/mol. The molecule has 5 fully saturated rings. The number of carbonyl (C=O) groups is 1. The summed E-state index contributed by atoms with van der Waals surface area (Å²) in [6.07, 6.45) is 7.71. The van der Waals surface area contributed by atoms with Gasteiger partial charge in [-0.05, 0) is 68.1 Å². The molecule has 4 aliphatic carbocycles. The lowest BCUT2D eigenvalue weighted by Gasteiger charge is -2.51. The number of nitrogens with one attached hydrogen (secondary N) is 1. The van der Waals surface area contributed by atoms with Crippen molar-refractivity contribution in [3.63, 3.8) is 0 Å². The van der Waals surface area contributed by atoms with E-state index in [0.29, 0.717) is 11.0 Å². The molecule has 4 N–H and O–H groups in total. The van der Waals surface area contributed by atoms with E-state index in [9.17, 15) is 9.90 Å². The predicted octanol–water partition coefficient (Wildman–Crippen LogP) is 3.12. The Morgan fingerprint density at radius 3 is 2.57 bits per heavy atom. The van der Waals surface area contributed by atoms with E-state index in [2.05, 4.69) is 39.5 Å². The summed E-state index contributed by atoms with van der Waals surface area (Å²) in [4.78, 5) is 20.1. The number of amides is 1. The van der Waals surface area contributed by atoms with Gasteiger partial charge in [0.2, 0.25) is 0 Å². The molecule has 1 aromatic heterocycles. The summed E-state index contributed by atoms with van der Waals surface area (Å²) in [6.45, 7) is 4.04. The standard InChI is InChI=1S/C28H36N4O3/c1-35-13-12-32-17-22-15-28(22,18-32)21-4-2-19(3-5-21)20-14-23(24(29)30-16-20)25(33)31-26-6-9-27(34,10-7-26)11-8-26/h2-5,14,16,22,34H,6-13,15,17-18H2,1H3,(H2,29,30)(H,31,33). The maximum Gasteiger partial charge on any atom is 0.255 e. The number of rotatable bonds is 7. The van der Waals surface area contributed by atoms with Crippen LogP contribution >= 0.6 is 0 Å². The molecule has 2 bridgehead atoms. The van der Waals surface area contributed by atoms with E-state index in [1.807, 2.05) is 6.07 Å². The minimum atomic E-state index is -0.528. The molecule has 1 aliphatic heterocycles. The molecular weight excluding hydrogens is 440 g/mol. The Labute approximate surface area is 207 Å². The molecule has 35 heavy (non-hydrogen) atoms. The van der Waals surface area contributed by atoms with Gasteiger partial charge in [0.05, 0.1) is 17.8 Å². The fraction of sp³-hybridized carbons (Fsp3) is 0.571. The highest BCUT2D eigenvalue weighted by Gasteiger charge is 2.60. The first-order valence-electron chi connectivity index (χ1n) is 13.0. The maximum absolute atomic E-state index is 13.3. The van der Waals surface area contributed by atoms with Gasteiger partial charge >= 0.3 is 0 Å². The molecule has 2 atom stereocenters. The number of aliphatic hydroxyl groups is 1. The average molecular weight is 477 g/mol. The van der Waals surface area contributed by atoms with Gasteiger partial charge in [-0.15, -0.1) is 0 Å². The number of nitrogens with zero attached hydrogens (tertiary/aromatic N) is 2. The van der Waals surface area contributed by atoms with Crippen molar-refractivity contribution in [3.8, 4) is 11.1 Å². The first-order chi connectivity index (χ1) is 16.8. The fourth-order valence-electron chi connectivity index (χ4n) is 6.90. The molecule has 1 aromatic carbocycles. The normalized spacial score (nSPS) is 33.5. The van der Waals surface area contributed by atoms with Gasteiger partial charge in [0.25, 0.3) is 5.91 Å². The van der Waals surface area contributed by atoms with Crippen molar-refractivity contribution >= 4 is 11.7 Å². The number of nitrogen functional groups attached to an aromatic ring is 1. The molecule has 4 saturated carbocycles. The Morgan fingerprint density at radius 2 is 1.89 bits per heavy atom. The topological polar surface area (TPSA) is 101 Å². The molecule has 5 aliphatic rings. The van der Waals surface area contributed by atoms with Crippen molar-refractivity contribution in [2.45, 2.75) is 61.5 Å². The highest BCUT2D eigenvalue weighted by molar-refractivity contribution is 5.99. The number of nitrogens with two attached hydrogens (primary N) is 1. The monoisotopic (exact) mass is 476 g/mol. The van der Waals surface area contributed by atoms with Crippen molar-refractivity contribution in [1.82, 2.24) is 15.2 Å². The first-order valence-corrected chi connectivity index (χ1v) is 13.0. The second-order valence-corrected chi connectivity index (χ2v) is 11.5. The molecule has 2 heterocycles. The van der Waals surface area contributed by atoms with Gasteiger partial charge in [-0.1, -0.05) is 24.3 Å². The second-order valence-electron chi connectivity index (χ2n) is 11.5. The number of likely N-dealkylation sites (tertiary alicyclic amines) is 1. The highest BCUT2D eigenvalue weighted by atomic mass is 16.5. The zero-order valence-corrected chi connectivity index (χ0v) is 20.6. The minimum absolute atomic E-state index is 0.164. The van der Waals surface area contributed by atoms with Crippen LogP contribution in [0.25, 0.3) is 11.1 Å². The van der Waals surface area contributed by atoms with Crippen molar-refractivity contribution in [3.05, 3.63) is 47.7 Å². The van der Waals surface area contributed by atoms with Gasteiger partial charge < -0.3 is 20.9 Å². The van der Waals surface area contributed by atoms with E-state index in [1.165, 1.54) is 12.0 Å². The number of ether oxygens (including phenoxy) is 1. The fourth-order valence-corrected chi connectivity index (χ4v) is 6.90. The molecule has 1 saturated heterocycles. The van der Waals surface area contributed by atoms with Gasteiger partial charge in [0.1, 0.15) is 5.82 Å². The second kappa shape index (κ2) is 8.29. The van der Waals surface area contributed by atoms with E-state index in [1.54, 1.807) is 13.3 Å². The van der Waals surface area contributed by atoms with E-state index in [0.717, 1.165) is 81.8 Å². The summed E-state index contributed by atoms with van der Waals surface area (Å²) in [6, 6.07) is 10.7. The highest BCUT2D eigenvalue weighted by Crippen LogP contribution is 2.59. The lowest BCUT2D eigenvalue weighted by atomic mass is 9.63. The Kier molecular flexibility index (Phi) is 5.43. The summed E-state index contributed by atoms with van der Waals surface area (Å²) in [5, 5.41) is 13.8. The maximum atomic E-state index is 13.3. The molecule has 186 valence electrons. The van der Waals surface area contributed by atoms with Gasteiger partial charge in [0, 0.05) is 49.5 Å². The number of methoxy groups -OCH3 is 1. The van der Waals surface area contributed by atoms with Crippen LogP contribution in [0.4, 0.5) is 5.82 Å².